The Labute approximate surface area is 150 Å². The molecule has 0 aliphatic rings. The van der Waals surface area contributed by atoms with Gasteiger partial charge in [-0.3, -0.25) is 9.59 Å². The highest BCUT2D eigenvalue weighted by atomic mass is 16.4. The number of benzene rings is 1. The number of aryl methyl sites for hydroxylation is 1. The van der Waals surface area contributed by atoms with E-state index in [0.717, 1.165) is 27.3 Å². The zero-order chi connectivity index (χ0) is 18.7. The van der Waals surface area contributed by atoms with Gasteiger partial charge >= 0.3 is 5.97 Å². The van der Waals surface area contributed by atoms with E-state index in [1.807, 2.05) is 48.9 Å². The summed E-state index contributed by atoms with van der Waals surface area (Å²) in [5.41, 5.74) is 3.84. The predicted molar refractivity (Wildman–Crippen MR) is 94.1 cm³/mol. The van der Waals surface area contributed by atoms with Crippen molar-refractivity contribution >= 4 is 11.9 Å². The molecule has 8 heteroatoms. The number of hydrogen-bond acceptors (Lipinski definition) is 4. The van der Waals surface area contributed by atoms with Crippen LogP contribution in [0.15, 0.2) is 42.6 Å². The van der Waals surface area contributed by atoms with Crippen LogP contribution in [0.25, 0.3) is 5.69 Å². The van der Waals surface area contributed by atoms with E-state index >= 15 is 0 Å². The lowest BCUT2D eigenvalue weighted by Crippen LogP contribution is -2.27. The van der Waals surface area contributed by atoms with E-state index in [1.54, 1.807) is 0 Å². The van der Waals surface area contributed by atoms with Crippen molar-refractivity contribution in [2.45, 2.75) is 26.9 Å². The third kappa shape index (κ3) is 3.49. The van der Waals surface area contributed by atoms with Gasteiger partial charge in [0.05, 0.1) is 11.4 Å². The van der Waals surface area contributed by atoms with Crippen LogP contribution in [-0.4, -0.2) is 36.5 Å². The number of para-hydroxylation sites is 1. The summed E-state index contributed by atoms with van der Waals surface area (Å²) in [6.45, 7) is 3.77. The molecule has 0 bridgehead atoms. The highest BCUT2D eigenvalue weighted by Gasteiger charge is 2.17. The van der Waals surface area contributed by atoms with Crippen LogP contribution in [0, 0.1) is 13.8 Å². The van der Waals surface area contributed by atoms with Gasteiger partial charge in [0.15, 0.2) is 0 Å². The first-order valence-electron chi connectivity index (χ1n) is 8.09. The number of rotatable bonds is 6. The van der Waals surface area contributed by atoms with Crippen molar-refractivity contribution in [2.24, 2.45) is 0 Å². The molecule has 3 aromatic rings. The average Bonchev–Trinajstić information content (AvgIpc) is 3.18. The predicted octanol–water partition coefficient (Wildman–Crippen LogP) is 1.70. The van der Waals surface area contributed by atoms with Crippen LogP contribution in [-0.2, 0) is 17.9 Å². The van der Waals surface area contributed by atoms with Crippen LogP contribution in [0.4, 0.5) is 0 Å². The maximum absolute atomic E-state index is 12.4. The summed E-state index contributed by atoms with van der Waals surface area (Å²) >= 11 is 0. The lowest BCUT2D eigenvalue weighted by Gasteiger charge is -2.08. The molecular formula is C18H19N5O3. The number of carboxylic acids is 1. The van der Waals surface area contributed by atoms with Crippen molar-refractivity contribution in [3.8, 4) is 5.69 Å². The smallest absolute Gasteiger partial charge is 0.325 e. The fourth-order valence-corrected chi connectivity index (χ4v) is 2.79. The monoisotopic (exact) mass is 353 g/mol. The molecule has 2 aromatic heterocycles. The lowest BCUT2D eigenvalue weighted by atomic mass is 10.2. The van der Waals surface area contributed by atoms with E-state index in [1.165, 1.54) is 12.3 Å². The Morgan fingerprint density at radius 1 is 1.15 bits per heavy atom. The van der Waals surface area contributed by atoms with E-state index in [0.29, 0.717) is 6.54 Å². The summed E-state index contributed by atoms with van der Waals surface area (Å²) in [7, 11) is 0. The number of hydrogen-bond donors (Lipinski definition) is 2. The second-order valence-electron chi connectivity index (χ2n) is 5.85. The normalized spacial score (nSPS) is 10.7. The quantitative estimate of drug-likeness (QED) is 0.702. The summed E-state index contributed by atoms with van der Waals surface area (Å²) < 4.78 is 3.00. The summed E-state index contributed by atoms with van der Waals surface area (Å²) in [5, 5.41) is 20.1. The third-order valence-electron chi connectivity index (χ3n) is 4.10. The zero-order valence-corrected chi connectivity index (χ0v) is 14.5. The van der Waals surface area contributed by atoms with E-state index in [9.17, 15) is 9.59 Å². The topological polar surface area (TPSA) is 102 Å². The number of carbonyl (C=O) groups is 2. The minimum atomic E-state index is -1.06. The maximum atomic E-state index is 12.4. The van der Waals surface area contributed by atoms with Crippen molar-refractivity contribution in [2.75, 3.05) is 0 Å². The van der Waals surface area contributed by atoms with E-state index in [-0.39, 0.29) is 18.1 Å². The molecule has 0 saturated heterocycles. The molecule has 1 amide bonds. The van der Waals surface area contributed by atoms with E-state index < -0.39 is 5.97 Å². The number of nitrogens with one attached hydrogen (secondary N) is 1. The van der Waals surface area contributed by atoms with Crippen molar-refractivity contribution in [1.82, 2.24) is 24.9 Å². The lowest BCUT2D eigenvalue weighted by molar-refractivity contribution is -0.137. The van der Waals surface area contributed by atoms with Crippen molar-refractivity contribution in [1.29, 1.82) is 0 Å². The second kappa shape index (κ2) is 7.22. The van der Waals surface area contributed by atoms with Gasteiger partial charge in [-0.1, -0.05) is 18.2 Å². The van der Waals surface area contributed by atoms with Crippen LogP contribution >= 0.6 is 0 Å². The van der Waals surface area contributed by atoms with Gasteiger partial charge < -0.3 is 10.4 Å². The molecule has 0 aliphatic heterocycles. The molecule has 26 heavy (non-hydrogen) atoms. The van der Waals surface area contributed by atoms with E-state index in [4.69, 9.17) is 5.11 Å². The molecule has 0 fully saturated rings. The molecule has 3 rings (SSSR count). The average molecular weight is 353 g/mol. The van der Waals surface area contributed by atoms with Gasteiger partial charge in [-0.25, -0.2) is 9.36 Å². The van der Waals surface area contributed by atoms with Crippen LogP contribution in [0.5, 0.6) is 0 Å². The number of nitrogens with zero attached hydrogens (tertiary/aromatic N) is 4. The Kier molecular flexibility index (Phi) is 4.83. The highest BCUT2D eigenvalue weighted by molar-refractivity contribution is 5.92. The summed E-state index contributed by atoms with van der Waals surface area (Å²) in [6.07, 6.45) is 1.40. The summed E-state index contributed by atoms with van der Waals surface area (Å²) in [4.78, 5) is 23.2. The van der Waals surface area contributed by atoms with Crippen molar-refractivity contribution in [3.63, 3.8) is 0 Å². The summed E-state index contributed by atoms with van der Waals surface area (Å²) in [5.74, 6) is -1.44. The SMILES string of the molecule is Cc1nn(-c2ccccc2)c(C)c1CNC(=O)c1ccnn1CC(=O)O. The van der Waals surface area contributed by atoms with Crippen molar-refractivity contribution in [3.05, 3.63) is 65.2 Å². The Bertz CT molecular complexity index is 943. The number of carbonyl (C=O) groups excluding carboxylic acids is 1. The Morgan fingerprint density at radius 2 is 1.88 bits per heavy atom. The maximum Gasteiger partial charge on any atom is 0.325 e. The fraction of sp³-hybridized carbons (Fsp3) is 0.222. The Morgan fingerprint density at radius 3 is 2.58 bits per heavy atom. The summed E-state index contributed by atoms with van der Waals surface area (Å²) in [6, 6.07) is 11.2. The molecule has 2 N–H and O–H groups in total. The minimum absolute atomic E-state index is 0.207. The third-order valence-corrected chi connectivity index (χ3v) is 4.10. The Hall–Kier alpha value is -3.42. The first-order chi connectivity index (χ1) is 12.5. The molecular weight excluding hydrogens is 334 g/mol. The molecule has 0 radical (unpaired) electrons. The van der Waals surface area contributed by atoms with E-state index in [2.05, 4.69) is 15.5 Å². The molecule has 8 nitrogen and oxygen atoms in total. The molecule has 0 spiro atoms. The Balaban J connectivity index is 1.76. The number of aliphatic carboxylic acids is 1. The van der Waals surface area contributed by atoms with Gasteiger partial charge in [-0.2, -0.15) is 10.2 Å². The molecule has 0 saturated carbocycles. The highest BCUT2D eigenvalue weighted by Crippen LogP contribution is 2.17. The molecule has 0 atom stereocenters. The van der Waals surface area contributed by atoms with Gasteiger partial charge in [0.2, 0.25) is 0 Å². The first kappa shape index (κ1) is 17.4. The second-order valence-corrected chi connectivity index (χ2v) is 5.85. The molecule has 0 unspecified atom stereocenters. The fourth-order valence-electron chi connectivity index (χ4n) is 2.79. The molecule has 1 aromatic carbocycles. The van der Waals surface area contributed by atoms with Crippen LogP contribution < -0.4 is 5.32 Å². The number of aromatic nitrogens is 4. The standard InChI is InChI=1S/C18H19N5O3/c1-12-15(13(2)23(21-12)14-6-4-3-5-7-14)10-19-18(26)16-8-9-20-22(16)11-17(24)25/h3-9H,10-11H2,1-2H3,(H,19,26)(H,24,25). The number of amides is 1. The van der Waals surface area contributed by atoms with Gasteiger partial charge in [0.1, 0.15) is 12.2 Å². The van der Waals surface area contributed by atoms with Gasteiger partial charge in [-0.15, -0.1) is 0 Å². The van der Waals surface area contributed by atoms with Crippen molar-refractivity contribution < 1.29 is 14.7 Å². The van der Waals surface area contributed by atoms with Crippen LogP contribution in [0.1, 0.15) is 27.4 Å². The first-order valence-corrected chi connectivity index (χ1v) is 8.09. The number of carboxylic acid groups (broad SMARTS) is 1. The van der Waals surface area contributed by atoms with Crippen LogP contribution in [0.2, 0.25) is 0 Å². The molecule has 134 valence electrons. The minimum Gasteiger partial charge on any atom is -0.480 e. The van der Waals surface area contributed by atoms with Gasteiger partial charge in [-0.05, 0) is 32.0 Å². The largest absolute Gasteiger partial charge is 0.480 e. The van der Waals surface area contributed by atoms with Crippen LogP contribution in [0.3, 0.4) is 0 Å². The van der Waals surface area contributed by atoms with Gasteiger partial charge in [0, 0.05) is 24.0 Å². The zero-order valence-electron chi connectivity index (χ0n) is 14.5. The molecule has 0 aliphatic carbocycles. The van der Waals surface area contributed by atoms with Gasteiger partial charge in [0.25, 0.3) is 5.91 Å². The molecule has 2 heterocycles.